The minimum atomic E-state index is -0.134. The van der Waals surface area contributed by atoms with Gasteiger partial charge < -0.3 is 10.4 Å². The monoisotopic (exact) mass is 219 g/mol. The van der Waals surface area contributed by atoms with E-state index in [0.717, 1.165) is 6.42 Å². The highest BCUT2D eigenvalue weighted by Crippen LogP contribution is 2.13. The number of nitrogens with one attached hydrogen (secondary N) is 1. The van der Waals surface area contributed by atoms with Crippen molar-refractivity contribution < 1.29 is 9.90 Å². The molecule has 0 spiro atoms. The normalized spacial score (nSPS) is 13.8. The molecule has 3 nitrogen and oxygen atoms in total. The van der Waals surface area contributed by atoms with Gasteiger partial charge in [-0.05, 0) is 27.2 Å². The summed E-state index contributed by atoms with van der Waals surface area (Å²) in [5, 5.41) is 11.5. The van der Waals surface area contributed by atoms with Crippen molar-refractivity contribution in [3.63, 3.8) is 0 Å². The Hall–Kier alpha value is -0.220. The Labute approximate surface area is 90.7 Å². The molecule has 0 saturated heterocycles. The average Bonchev–Trinajstić information content (AvgIpc) is 2.13. The van der Waals surface area contributed by atoms with Crippen molar-refractivity contribution in [1.29, 1.82) is 0 Å². The first-order valence-electron chi connectivity index (χ1n) is 4.97. The summed E-state index contributed by atoms with van der Waals surface area (Å²) in [6, 6.07) is 0. The number of carbonyl (C=O) groups excluding carboxylic acids is 1. The summed E-state index contributed by atoms with van der Waals surface area (Å²) in [4.78, 5) is 11.6. The van der Waals surface area contributed by atoms with Gasteiger partial charge in [0.2, 0.25) is 5.91 Å². The van der Waals surface area contributed by atoms with Crippen LogP contribution in [0.5, 0.6) is 0 Å². The second-order valence-corrected chi connectivity index (χ2v) is 5.41. The third-order valence-electron chi connectivity index (χ3n) is 2.17. The van der Waals surface area contributed by atoms with Crippen molar-refractivity contribution in [2.24, 2.45) is 0 Å². The molecule has 0 radical (unpaired) electrons. The molecule has 1 unspecified atom stereocenters. The molecule has 0 aromatic carbocycles. The number of carbonyl (C=O) groups is 1. The lowest BCUT2D eigenvalue weighted by molar-refractivity contribution is -0.121. The maximum atomic E-state index is 11.6. The zero-order valence-corrected chi connectivity index (χ0v) is 10.3. The molecule has 0 aliphatic carbocycles. The molecule has 0 aliphatic heterocycles. The highest BCUT2D eigenvalue weighted by Gasteiger charge is 2.21. The van der Waals surface area contributed by atoms with Gasteiger partial charge >= 0.3 is 0 Å². The zero-order valence-electron chi connectivity index (χ0n) is 9.46. The molecule has 1 atom stereocenters. The summed E-state index contributed by atoms with van der Waals surface area (Å²) in [7, 11) is 0. The van der Waals surface area contributed by atoms with Crippen LogP contribution < -0.4 is 5.32 Å². The lowest BCUT2D eigenvalue weighted by Gasteiger charge is -2.26. The maximum absolute atomic E-state index is 11.6. The molecule has 1 amide bonds. The molecule has 0 saturated carbocycles. The highest BCUT2D eigenvalue weighted by atomic mass is 32.2. The number of hydrogen-bond donors (Lipinski definition) is 2. The molecule has 0 aromatic heterocycles. The highest BCUT2D eigenvalue weighted by molar-refractivity contribution is 8.00. The Morgan fingerprint density at radius 3 is 2.57 bits per heavy atom. The molecule has 2 N–H and O–H groups in total. The van der Waals surface area contributed by atoms with Gasteiger partial charge in [-0.1, -0.05) is 6.92 Å². The van der Waals surface area contributed by atoms with Crippen molar-refractivity contribution in [3.8, 4) is 0 Å². The van der Waals surface area contributed by atoms with Crippen LogP contribution in [0.25, 0.3) is 0 Å². The number of aliphatic hydroxyl groups excluding tert-OH is 1. The Balaban J connectivity index is 3.95. The molecule has 84 valence electrons. The molecule has 4 heteroatoms. The van der Waals surface area contributed by atoms with Gasteiger partial charge in [-0.3, -0.25) is 4.79 Å². The van der Waals surface area contributed by atoms with Gasteiger partial charge in [0, 0.05) is 11.3 Å². The van der Waals surface area contributed by atoms with Crippen LogP contribution in [0.4, 0.5) is 0 Å². The van der Waals surface area contributed by atoms with E-state index in [1.54, 1.807) is 0 Å². The van der Waals surface area contributed by atoms with Crippen molar-refractivity contribution >= 4 is 17.7 Å². The van der Waals surface area contributed by atoms with Crippen LogP contribution in [0, 0.1) is 0 Å². The predicted octanol–water partition coefficient (Wildman–Crippen LogP) is 1.41. The first kappa shape index (κ1) is 13.8. The molecule has 0 heterocycles. The molecule has 0 bridgehead atoms. The van der Waals surface area contributed by atoms with Gasteiger partial charge in [-0.15, -0.1) is 11.8 Å². The minimum absolute atomic E-state index is 0.0512. The number of rotatable bonds is 6. The molecule has 14 heavy (non-hydrogen) atoms. The summed E-state index contributed by atoms with van der Waals surface area (Å²) in [5.74, 6) is 0.663. The van der Waals surface area contributed by atoms with Gasteiger partial charge in [0.25, 0.3) is 0 Å². The van der Waals surface area contributed by atoms with Crippen LogP contribution in [0.3, 0.4) is 0 Å². The maximum Gasteiger partial charge on any atom is 0.233 e. The van der Waals surface area contributed by atoms with Crippen LogP contribution >= 0.6 is 11.8 Å². The van der Waals surface area contributed by atoms with Crippen molar-refractivity contribution in [3.05, 3.63) is 0 Å². The lowest BCUT2D eigenvalue weighted by atomic mass is 10.0. The second-order valence-electron chi connectivity index (χ2n) is 3.96. The van der Waals surface area contributed by atoms with Crippen molar-refractivity contribution in [1.82, 2.24) is 5.32 Å². The fourth-order valence-corrected chi connectivity index (χ4v) is 1.50. The van der Waals surface area contributed by atoms with E-state index in [9.17, 15) is 4.79 Å². The first-order chi connectivity index (χ1) is 6.43. The van der Waals surface area contributed by atoms with Gasteiger partial charge in [0.1, 0.15) is 0 Å². The predicted molar refractivity (Wildman–Crippen MR) is 61.5 cm³/mol. The van der Waals surface area contributed by atoms with Crippen LogP contribution in [0.2, 0.25) is 0 Å². The van der Waals surface area contributed by atoms with Gasteiger partial charge in [-0.2, -0.15) is 0 Å². The quantitative estimate of drug-likeness (QED) is 0.710. The van der Waals surface area contributed by atoms with Crippen LogP contribution in [0.15, 0.2) is 0 Å². The minimum Gasteiger partial charge on any atom is -0.396 e. The lowest BCUT2D eigenvalue weighted by Crippen LogP contribution is -2.46. The van der Waals surface area contributed by atoms with E-state index in [1.165, 1.54) is 11.8 Å². The Kier molecular flexibility index (Phi) is 6.20. The van der Waals surface area contributed by atoms with E-state index < -0.39 is 0 Å². The largest absolute Gasteiger partial charge is 0.396 e. The number of thioether (sulfide) groups is 1. The fourth-order valence-electron chi connectivity index (χ4n) is 0.829. The molecular formula is C10H21NO2S. The van der Waals surface area contributed by atoms with Crippen LogP contribution in [-0.2, 0) is 4.79 Å². The van der Waals surface area contributed by atoms with E-state index in [1.807, 2.05) is 27.7 Å². The van der Waals surface area contributed by atoms with E-state index >= 15 is 0 Å². The van der Waals surface area contributed by atoms with Crippen LogP contribution in [-0.4, -0.2) is 34.2 Å². The van der Waals surface area contributed by atoms with E-state index in [4.69, 9.17) is 5.11 Å². The smallest absolute Gasteiger partial charge is 0.233 e. The van der Waals surface area contributed by atoms with Crippen molar-refractivity contribution in [2.45, 2.75) is 44.9 Å². The van der Waals surface area contributed by atoms with Gasteiger partial charge in [0.05, 0.1) is 11.9 Å². The fraction of sp³-hybridized carbons (Fsp3) is 0.900. The SMILES string of the molecule is CCC(C)(C)NC(=O)C(C)SCCO. The molecule has 0 rings (SSSR count). The number of hydrogen-bond acceptors (Lipinski definition) is 3. The summed E-state index contributed by atoms with van der Waals surface area (Å²) < 4.78 is 0. The summed E-state index contributed by atoms with van der Waals surface area (Å²) in [6.07, 6.45) is 0.913. The van der Waals surface area contributed by atoms with E-state index in [-0.39, 0.29) is 23.3 Å². The molecule has 0 aromatic rings. The summed E-state index contributed by atoms with van der Waals surface area (Å²) >= 11 is 1.47. The number of aliphatic hydroxyl groups is 1. The third-order valence-corrected chi connectivity index (χ3v) is 3.31. The van der Waals surface area contributed by atoms with E-state index in [0.29, 0.717) is 5.75 Å². The van der Waals surface area contributed by atoms with Crippen LogP contribution in [0.1, 0.15) is 34.1 Å². The standard InChI is InChI=1S/C10H21NO2S/c1-5-10(3,4)11-9(13)8(2)14-7-6-12/h8,12H,5-7H2,1-4H3,(H,11,13). The molecule has 0 aliphatic rings. The Morgan fingerprint density at radius 2 is 2.14 bits per heavy atom. The molecular weight excluding hydrogens is 198 g/mol. The Bertz CT molecular complexity index is 183. The summed E-state index contributed by atoms with van der Waals surface area (Å²) in [6.45, 7) is 8.05. The van der Waals surface area contributed by atoms with Crippen molar-refractivity contribution in [2.75, 3.05) is 12.4 Å². The van der Waals surface area contributed by atoms with Gasteiger partial charge in [0.15, 0.2) is 0 Å². The Morgan fingerprint density at radius 1 is 1.57 bits per heavy atom. The molecule has 0 fully saturated rings. The van der Waals surface area contributed by atoms with Gasteiger partial charge in [-0.25, -0.2) is 0 Å². The third kappa shape index (κ3) is 5.50. The average molecular weight is 219 g/mol. The first-order valence-corrected chi connectivity index (χ1v) is 6.02. The zero-order chi connectivity index (χ0) is 11.2. The topological polar surface area (TPSA) is 49.3 Å². The summed E-state index contributed by atoms with van der Waals surface area (Å²) in [5.41, 5.74) is -0.134. The second kappa shape index (κ2) is 6.30. The van der Waals surface area contributed by atoms with E-state index in [2.05, 4.69) is 5.32 Å². The number of amides is 1.